The molecule has 0 bridgehead atoms. The molecule has 13 rings (SSSR count). The summed E-state index contributed by atoms with van der Waals surface area (Å²) >= 11 is 1.94. The van der Waals surface area contributed by atoms with Crippen molar-refractivity contribution in [2.24, 2.45) is 0 Å². The molecular formula is C65H55BN2S. The Bertz CT molecular complexity index is 3720. The summed E-state index contributed by atoms with van der Waals surface area (Å²) in [7, 11) is 0. The number of fused-ring (bicyclic) bond motifs is 12. The Labute approximate surface area is 411 Å². The molecule has 334 valence electrons. The average Bonchev–Trinajstić information content (AvgIpc) is 3.85. The van der Waals surface area contributed by atoms with Crippen LogP contribution in [0.1, 0.15) is 77.6 Å². The van der Waals surface area contributed by atoms with Crippen LogP contribution in [0.25, 0.3) is 64.7 Å². The Morgan fingerprint density at radius 1 is 0.464 bits per heavy atom. The number of rotatable bonds is 4. The Hall–Kier alpha value is -7.14. The Morgan fingerprint density at radius 2 is 1.13 bits per heavy atom. The standard InChI is InChI=1S/C65H55BN2S/c1-63(2,3)43-28-31-45(32-29-43)68-55-37-42(40-19-11-9-12-20-40)27-33-48(55)59-60-56(39-50-46-23-16-18-26-57(46)69-62(50)59)67(54-36-30-44(64(4,5)6)38-49(54)41-21-13-10-14-22-41)61-53(66(60)68)35-34-52-58(61)47-24-15-17-25-51(47)65(52,7)8/h9-39H,1-8H3. The summed E-state index contributed by atoms with van der Waals surface area (Å²) in [5.41, 5.74) is 24.1. The fourth-order valence-electron chi connectivity index (χ4n) is 12.0. The van der Waals surface area contributed by atoms with E-state index in [2.05, 4.69) is 253 Å². The molecule has 2 nitrogen and oxygen atoms in total. The smallest absolute Gasteiger partial charge is 0.333 e. The second-order valence-corrected chi connectivity index (χ2v) is 23.2. The first kappa shape index (κ1) is 42.0. The highest BCUT2D eigenvalue weighted by Gasteiger charge is 2.49. The Morgan fingerprint density at radius 3 is 1.87 bits per heavy atom. The zero-order chi connectivity index (χ0) is 47.1. The summed E-state index contributed by atoms with van der Waals surface area (Å²) in [6.45, 7) is 18.6. The van der Waals surface area contributed by atoms with Gasteiger partial charge < -0.3 is 9.71 Å². The van der Waals surface area contributed by atoms with Crippen molar-refractivity contribution < 1.29 is 0 Å². The molecule has 1 aliphatic carbocycles. The lowest BCUT2D eigenvalue weighted by atomic mass is 9.43. The molecule has 0 fully saturated rings. The maximum atomic E-state index is 2.71. The second kappa shape index (κ2) is 14.9. The van der Waals surface area contributed by atoms with Crippen molar-refractivity contribution >= 4 is 77.7 Å². The maximum Gasteiger partial charge on any atom is 0.333 e. The summed E-state index contributed by atoms with van der Waals surface area (Å²) in [5, 5.41) is 2.61. The largest absolute Gasteiger partial charge is 0.376 e. The van der Waals surface area contributed by atoms with Crippen LogP contribution in [0.15, 0.2) is 188 Å². The van der Waals surface area contributed by atoms with Gasteiger partial charge in [0.15, 0.2) is 0 Å². The van der Waals surface area contributed by atoms with Gasteiger partial charge in [0.2, 0.25) is 0 Å². The predicted octanol–water partition coefficient (Wildman–Crippen LogP) is 17.0. The van der Waals surface area contributed by atoms with Gasteiger partial charge in [0.25, 0.3) is 0 Å². The quantitative estimate of drug-likeness (QED) is 0.162. The van der Waals surface area contributed by atoms with Gasteiger partial charge in [-0.1, -0.05) is 201 Å². The SMILES string of the molecule is CC(C)(C)c1ccc(N2B3c4ccc5c(c4N(c4ccc(C(C)(C)C)cc4-c4ccccc4)c4cc6c(sc7ccccc76)c(c43)-c3ccc(-c4ccccc4)cc32)-c2ccccc2C5(C)C)cc1. The van der Waals surface area contributed by atoms with Gasteiger partial charge in [-0.15, -0.1) is 11.3 Å². The molecule has 0 atom stereocenters. The van der Waals surface area contributed by atoms with Crippen molar-refractivity contribution in [3.8, 4) is 44.5 Å². The van der Waals surface area contributed by atoms with Gasteiger partial charge in [0.1, 0.15) is 0 Å². The van der Waals surface area contributed by atoms with Crippen LogP contribution in [0.4, 0.5) is 28.4 Å². The van der Waals surface area contributed by atoms with E-state index in [1.807, 2.05) is 11.3 Å². The van der Waals surface area contributed by atoms with Crippen molar-refractivity contribution in [1.29, 1.82) is 0 Å². The molecule has 0 amide bonds. The predicted molar refractivity (Wildman–Crippen MR) is 299 cm³/mol. The number of nitrogens with zero attached hydrogens (tertiary/aromatic N) is 2. The zero-order valence-electron chi connectivity index (χ0n) is 40.8. The van der Waals surface area contributed by atoms with Gasteiger partial charge in [-0.2, -0.15) is 0 Å². The van der Waals surface area contributed by atoms with Gasteiger partial charge in [-0.25, -0.2) is 0 Å². The molecule has 0 unspecified atom stereocenters. The molecule has 1 aromatic heterocycles. The fourth-order valence-corrected chi connectivity index (χ4v) is 13.2. The van der Waals surface area contributed by atoms with E-state index >= 15 is 0 Å². The third-order valence-corrected chi connectivity index (χ3v) is 16.8. The normalized spacial score (nSPS) is 14.4. The minimum atomic E-state index is -0.198. The average molecular weight is 907 g/mol. The van der Waals surface area contributed by atoms with E-state index in [-0.39, 0.29) is 23.1 Å². The molecule has 2 aliphatic heterocycles. The molecular weight excluding hydrogens is 852 g/mol. The van der Waals surface area contributed by atoms with Crippen LogP contribution < -0.4 is 20.6 Å². The van der Waals surface area contributed by atoms with E-state index in [0.29, 0.717) is 0 Å². The van der Waals surface area contributed by atoms with Crippen molar-refractivity contribution in [3.05, 3.63) is 210 Å². The molecule has 69 heavy (non-hydrogen) atoms. The van der Waals surface area contributed by atoms with Gasteiger partial charge in [0, 0.05) is 64.9 Å². The number of hydrogen-bond acceptors (Lipinski definition) is 3. The summed E-state index contributed by atoms with van der Waals surface area (Å²) in [6, 6.07) is 71.9. The monoisotopic (exact) mass is 906 g/mol. The third kappa shape index (κ3) is 6.24. The van der Waals surface area contributed by atoms with Gasteiger partial charge in [-0.05, 0) is 109 Å². The fraction of sp³-hybridized carbons (Fsp3) is 0.169. The molecule has 0 saturated heterocycles. The van der Waals surface area contributed by atoms with E-state index in [9.17, 15) is 0 Å². The zero-order valence-corrected chi connectivity index (χ0v) is 41.6. The summed E-state index contributed by atoms with van der Waals surface area (Å²) < 4.78 is 2.66. The van der Waals surface area contributed by atoms with Crippen LogP contribution in [-0.2, 0) is 16.2 Å². The highest BCUT2D eigenvalue weighted by Crippen LogP contribution is 2.58. The second-order valence-electron chi connectivity index (χ2n) is 22.1. The van der Waals surface area contributed by atoms with Gasteiger partial charge >= 0.3 is 6.85 Å². The minimum Gasteiger partial charge on any atom is -0.376 e. The third-order valence-electron chi connectivity index (χ3n) is 15.6. The number of benzene rings is 9. The van der Waals surface area contributed by atoms with E-state index < -0.39 is 0 Å². The van der Waals surface area contributed by atoms with E-state index in [0.717, 1.165) is 0 Å². The first-order chi connectivity index (χ1) is 33.3. The van der Waals surface area contributed by atoms with Crippen LogP contribution in [-0.4, -0.2) is 6.85 Å². The van der Waals surface area contributed by atoms with Crippen molar-refractivity contribution in [2.75, 3.05) is 9.71 Å². The molecule has 3 aliphatic rings. The molecule has 4 heteroatoms. The summed E-state index contributed by atoms with van der Waals surface area (Å²) in [6.07, 6.45) is 0. The summed E-state index contributed by atoms with van der Waals surface area (Å²) in [5.74, 6) is 0. The lowest BCUT2D eigenvalue weighted by Crippen LogP contribution is -2.61. The van der Waals surface area contributed by atoms with Crippen molar-refractivity contribution in [2.45, 2.75) is 71.6 Å². The highest BCUT2D eigenvalue weighted by atomic mass is 32.1. The van der Waals surface area contributed by atoms with Crippen molar-refractivity contribution in [1.82, 2.24) is 0 Å². The first-order valence-corrected chi connectivity index (χ1v) is 25.4. The number of anilines is 5. The van der Waals surface area contributed by atoms with E-state index in [1.165, 1.54) is 126 Å². The molecule has 3 heterocycles. The maximum absolute atomic E-state index is 2.71. The van der Waals surface area contributed by atoms with Crippen LogP contribution >= 0.6 is 11.3 Å². The van der Waals surface area contributed by atoms with Crippen LogP contribution in [0.5, 0.6) is 0 Å². The van der Waals surface area contributed by atoms with Gasteiger partial charge in [-0.3, -0.25) is 0 Å². The number of thiophene rings is 1. The van der Waals surface area contributed by atoms with Crippen LogP contribution in [0, 0.1) is 0 Å². The minimum absolute atomic E-state index is 0.0169. The molecule has 9 aromatic carbocycles. The lowest BCUT2D eigenvalue weighted by molar-refractivity contribution is 0.590. The van der Waals surface area contributed by atoms with Crippen molar-refractivity contribution in [3.63, 3.8) is 0 Å². The Kier molecular flexibility index (Phi) is 9.09. The van der Waals surface area contributed by atoms with Crippen LogP contribution in [0.2, 0.25) is 0 Å². The topological polar surface area (TPSA) is 6.48 Å². The summed E-state index contributed by atoms with van der Waals surface area (Å²) in [4.78, 5) is 5.42. The van der Waals surface area contributed by atoms with Gasteiger partial charge in [0.05, 0.1) is 11.4 Å². The first-order valence-electron chi connectivity index (χ1n) is 24.6. The number of hydrogen-bond donors (Lipinski definition) is 0. The molecule has 0 N–H and O–H groups in total. The van der Waals surface area contributed by atoms with E-state index in [1.54, 1.807) is 0 Å². The van der Waals surface area contributed by atoms with E-state index in [4.69, 9.17) is 0 Å². The lowest BCUT2D eigenvalue weighted by Gasteiger charge is -2.47. The van der Waals surface area contributed by atoms with Crippen LogP contribution in [0.3, 0.4) is 0 Å². The molecule has 10 aromatic rings. The molecule has 0 saturated carbocycles. The highest BCUT2D eigenvalue weighted by molar-refractivity contribution is 7.26. The molecule has 0 radical (unpaired) electrons. The molecule has 0 spiro atoms. The Balaban J connectivity index is 1.23.